The number of nitrogens with one attached hydrogen (secondary N) is 1. The van der Waals surface area contributed by atoms with Crippen LogP contribution in [0.15, 0.2) is 36.9 Å². The van der Waals surface area contributed by atoms with Crippen LogP contribution >= 0.6 is 0 Å². The van der Waals surface area contributed by atoms with E-state index in [4.69, 9.17) is 5.11 Å². The van der Waals surface area contributed by atoms with Gasteiger partial charge in [0.1, 0.15) is 23.9 Å². The van der Waals surface area contributed by atoms with Gasteiger partial charge in [0.2, 0.25) is 5.91 Å². The van der Waals surface area contributed by atoms with Crippen molar-refractivity contribution in [3.63, 3.8) is 0 Å². The second kappa shape index (κ2) is 7.67. The molecule has 2 heterocycles. The first-order valence-electron chi connectivity index (χ1n) is 9.71. The van der Waals surface area contributed by atoms with Crippen LogP contribution in [-0.2, 0) is 9.59 Å². The standard InChI is InChI=1S/C22H21N5O4/c1-11-7-16(27-10-25-19-13(3)23-9-24-21(19)27)18-14(20(11)29)5-4-6-15(18)26-17(28)8-12(2)22(30)31/h4-7,9-10,12,29H,8H2,1-3H3,(H,26,28)(H,30,31). The fraction of sp³-hybridized carbons (Fsp3) is 0.227. The predicted molar refractivity (Wildman–Crippen MR) is 115 cm³/mol. The van der Waals surface area contributed by atoms with E-state index in [0.29, 0.717) is 38.9 Å². The first kappa shape index (κ1) is 20.3. The van der Waals surface area contributed by atoms with Crippen molar-refractivity contribution in [1.82, 2.24) is 19.5 Å². The zero-order valence-corrected chi connectivity index (χ0v) is 17.2. The third-order valence-electron chi connectivity index (χ3n) is 5.27. The van der Waals surface area contributed by atoms with Crippen LogP contribution in [0.3, 0.4) is 0 Å². The van der Waals surface area contributed by atoms with Crippen LogP contribution in [0.1, 0.15) is 24.6 Å². The summed E-state index contributed by atoms with van der Waals surface area (Å²) in [4.78, 5) is 36.6. The van der Waals surface area contributed by atoms with E-state index in [9.17, 15) is 14.7 Å². The number of fused-ring (bicyclic) bond motifs is 2. The van der Waals surface area contributed by atoms with Gasteiger partial charge >= 0.3 is 5.97 Å². The van der Waals surface area contributed by atoms with E-state index in [1.165, 1.54) is 13.3 Å². The molecule has 9 heteroatoms. The van der Waals surface area contributed by atoms with Crippen LogP contribution in [0.25, 0.3) is 27.6 Å². The number of carbonyl (C=O) groups is 2. The van der Waals surface area contributed by atoms with E-state index >= 15 is 0 Å². The van der Waals surface area contributed by atoms with Crippen LogP contribution in [0.4, 0.5) is 5.69 Å². The normalized spacial score (nSPS) is 12.2. The molecule has 4 rings (SSSR count). The number of rotatable bonds is 5. The Kier molecular flexibility index (Phi) is 5.02. The van der Waals surface area contributed by atoms with Crippen molar-refractivity contribution in [1.29, 1.82) is 0 Å². The highest BCUT2D eigenvalue weighted by molar-refractivity contribution is 6.09. The molecule has 4 aromatic rings. The maximum atomic E-state index is 12.5. The Hall–Kier alpha value is -4.01. The number of carboxylic acid groups (broad SMARTS) is 1. The smallest absolute Gasteiger partial charge is 0.306 e. The van der Waals surface area contributed by atoms with Crippen LogP contribution in [-0.4, -0.2) is 41.6 Å². The van der Waals surface area contributed by atoms with Crippen molar-refractivity contribution in [2.24, 2.45) is 5.92 Å². The minimum atomic E-state index is -1.04. The van der Waals surface area contributed by atoms with Crippen LogP contribution in [0.5, 0.6) is 5.75 Å². The molecule has 2 aromatic carbocycles. The highest BCUT2D eigenvalue weighted by Gasteiger charge is 2.20. The predicted octanol–water partition coefficient (Wildman–Crippen LogP) is 3.34. The lowest BCUT2D eigenvalue weighted by Gasteiger charge is -2.17. The Morgan fingerprint density at radius 1 is 1.19 bits per heavy atom. The number of carbonyl (C=O) groups excluding carboxylic acids is 1. The van der Waals surface area contributed by atoms with Gasteiger partial charge in [0.05, 0.1) is 23.0 Å². The Labute approximate surface area is 177 Å². The Morgan fingerprint density at radius 2 is 1.97 bits per heavy atom. The zero-order chi connectivity index (χ0) is 22.3. The molecule has 1 amide bonds. The van der Waals surface area contributed by atoms with Crippen LogP contribution in [0.2, 0.25) is 0 Å². The Morgan fingerprint density at radius 3 is 2.71 bits per heavy atom. The Balaban J connectivity index is 1.91. The molecule has 9 nitrogen and oxygen atoms in total. The van der Waals surface area contributed by atoms with Gasteiger partial charge in [0.15, 0.2) is 5.65 Å². The number of phenolic OH excluding ortho intramolecular Hbond substituents is 1. The third-order valence-corrected chi connectivity index (χ3v) is 5.27. The van der Waals surface area contributed by atoms with E-state index < -0.39 is 17.8 Å². The fourth-order valence-corrected chi connectivity index (χ4v) is 3.57. The molecular weight excluding hydrogens is 398 g/mol. The molecule has 0 radical (unpaired) electrons. The molecule has 0 spiro atoms. The zero-order valence-electron chi connectivity index (χ0n) is 17.2. The van der Waals surface area contributed by atoms with Gasteiger partial charge < -0.3 is 15.5 Å². The molecule has 0 saturated heterocycles. The quantitative estimate of drug-likeness (QED) is 0.452. The SMILES string of the molecule is Cc1cc(-n2cnc3c(C)ncnc32)c2c(NC(=O)CC(C)C(=O)O)cccc2c1O. The lowest BCUT2D eigenvalue weighted by atomic mass is 10.0. The number of benzene rings is 2. The van der Waals surface area contributed by atoms with Gasteiger partial charge in [-0.1, -0.05) is 19.1 Å². The second-order valence-corrected chi connectivity index (χ2v) is 7.53. The summed E-state index contributed by atoms with van der Waals surface area (Å²) in [6.45, 7) is 5.11. The second-order valence-electron chi connectivity index (χ2n) is 7.53. The minimum absolute atomic E-state index is 0.101. The maximum absolute atomic E-state index is 12.5. The van der Waals surface area contributed by atoms with E-state index in [0.717, 1.165) is 5.69 Å². The summed E-state index contributed by atoms with van der Waals surface area (Å²) in [7, 11) is 0. The number of phenols is 1. The molecule has 0 aliphatic heterocycles. The molecule has 0 aliphatic rings. The molecule has 0 aliphatic carbocycles. The molecule has 2 aromatic heterocycles. The van der Waals surface area contributed by atoms with E-state index in [-0.39, 0.29) is 12.2 Å². The summed E-state index contributed by atoms with van der Waals surface area (Å²) >= 11 is 0. The summed E-state index contributed by atoms with van der Waals surface area (Å²) in [6, 6.07) is 6.99. The van der Waals surface area contributed by atoms with Gasteiger partial charge in [0, 0.05) is 17.2 Å². The largest absolute Gasteiger partial charge is 0.507 e. The van der Waals surface area contributed by atoms with E-state index in [1.807, 2.05) is 6.92 Å². The average molecular weight is 419 g/mol. The minimum Gasteiger partial charge on any atom is -0.507 e. The summed E-state index contributed by atoms with van der Waals surface area (Å²) in [5, 5.41) is 23.7. The number of amides is 1. The summed E-state index contributed by atoms with van der Waals surface area (Å²) in [6.07, 6.45) is 2.92. The van der Waals surface area contributed by atoms with Crippen LogP contribution in [0, 0.1) is 19.8 Å². The first-order chi connectivity index (χ1) is 14.8. The molecule has 0 fully saturated rings. The average Bonchev–Trinajstić information content (AvgIpc) is 3.16. The highest BCUT2D eigenvalue weighted by Crippen LogP contribution is 2.38. The molecule has 1 unspecified atom stereocenters. The van der Waals surface area contributed by atoms with E-state index in [2.05, 4.69) is 20.3 Å². The summed E-state index contributed by atoms with van der Waals surface area (Å²) < 4.78 is 1.79. The molecular formula is C22H21N5O4. The number of imidazole rings is 1. The Bertz CT molecular complexity index is 1340. The molecule has 1 atom stereocenters. The van der Waals surface area contributed by atoms with Crippen LogP contribution < -0.4 is 5.32 Å². The topological polar surface area (TPSA) is 130 Å². The summed E-state index contributed by atoms with van der Waals surface area (Å²) in [5.74, 6) is -2.18. The van der Waals surface area contributed by atoms with Gasteiger partial charge in [-0.25, -0.2) is 15.0 Å². The van der Waals surface area contributed by atoms with Gasteiger partial charge in [0.25, 0.3) is 0 Å². The van der Waals surface area contributed by atoms with Crippen molar-refractivity contribution in [2.45, 2.75) is 27.2 Å². The fourth-order valence-electron chi connectivity index (χ4n) is 3.57. The molecule has 0 saturated carbocycles. The van der Waals surface area contributed by atoms with Crippen molar-refractivity contribution in [3.05, 3.63) is 48.2 Å². The number of hydrogen-bond acceptors (Lipinski definition) is 6. The number of anilines is 1. The van der Waals surface area contributed by atoms with Gasteiger partial charge in [-0.05, 0) is 31.5 Å². The lowest BCUT2D eigenvalue weighted by molar-refractivity contribution is -0.142. The number of aromatic nitrogens is 4. The van der Waals surface area contributed by atoms with Crippen molar-refractivity contribution in [2.75, 3.05) is 5.32 Å². The van der Waals surface area contributed by atoms with Gasteiger partial charge in [-0.15, -0.1) is 0 Å². The first-order valence-corrected chi connectivity index (χ1v) is 9.71. The number of aromatic hydroxyl groups is 1. The lowest BCUT2D eigenvalue weighted by Crippen LogP contribution is -2.20. The third kappa shape index (κ3) is 3.54. The monoisotopic (exact) mass is 419 g/mol. The number of hydrogen-bond donors (Lipinski definition) is 3. The molecule has 158 valence electrons. The van der Waals surface area contributed by atoms with Crippen molar-refractivity contribution < 1.29 is 19.8 Å². The molecule has 3 N–H and O–H groups in total. The number of aliphatic carboxylic acids is 1. The van der Waals surface area contributed by atoms with E-state index in [1.54, 1.807) is 42.1 Å². The highest BCUT2D eigenvalue weighted by atomic mass is 16.4. The van der Waals surface area contributed by atoms with Crippen molar-refractivity contribution in [3.8, 4) is 11.4 Å². The molecule has 31 heavy (non-hydrogen) atoms. The van der Waals surface area contributed by atoms with Gasteiger partial charge in [-0.3, -0.25) is 14.2 Å². The maximum Gasteiger partial charge on any atom is 0.306 e. The van der Waals surface area contributed by atoms with Gasteiger partial charge in [-0.2, -0.15) is 0 Å². The number of nitrogens with zero attached hydrogens (tertiary/aromatic N) is 4. The van der Waals surface area contributed by atoms with Crippen molar-refractivity contribution >= 4 is 39.5 Å². The number of carboxylic acids is 1. The summed E-state index contributed by atoms with van der Waals surface area (Å²) in [5.41, 5.74) is 3.77. The molecule has 0 bridgehead atoms. The number of aryl methyl sites for hydroxylation is 2.